The molecule has 19 heavy (non-hydrogen) atoms. The molecule has 1 aliphatic heterocycles. The molecule has 1 N–H and O–H groups in total. The first kappa shape index (κ1) is 14.3. The summed E-state index contributed by atoms with van der Waals surface area (Å²) in [5.41, 5.74) is -0.151. The van der Waals surface area contributed by atoms with E-state index in [2.05, 4.69) is 0 Å². The predicted octanol–water partition coefficient (Wildman–Crippen LogP) is 2.88. The van der Waals surface area contributed by atoms with Crippen LogP contribution in [0.5, 0.6) is 0 Å². The molecule has 0 bridgehead atoms. The van der Waals surface area contributed by atoms with Gasteiger partial charge in [0.2, 0.25) is 0 Å². The fraction of sp³-hybridized carbons (Fsp3) is 0.571. The second kappa shape index (κ2) is 5.51. The number of alkyl halides is 3. The van der Waals surface area contributed by atoms with Crippen molar-refractivity contribution in [3.05, 3.63) is 35.4 Å². The van der Waals surface area contributed by atoms with E-state index in [-0.39, 0.29) is 5.92 Å². The van der Waals surface area contributed by atoms with Crippen molar-refractivity contribution in [1.29, 1.82) is 0 Å². The van der Waals surface area contributed by atoms with Gasteiger partial charge in [-0.1, -0.05) is 18.2 Å². The van der Waals surface area contributed by atoms with E-state index < -0.39 is 17.8 Å². The minimum atomic E-state index is -4.30. The molecule has 2 nitrogen and oxygen atoms in total. The molecule has 2 unspecified atom stereocenters. The smallest absolute Gasteiger partial charge is 0.392 e. The number of halogens is 3. The zero-order valence-corrected chi connectivity index (χ0v) is 10.8. The number of β-amino-alcohol motifs (C(OH)–C–C–N with tert-alkyl or cyclic N) is 1. The molecule has 1 fully saturated rings. The summed E-state index contributed by atoms with van der Waals surface area (Å²) >= 11 is 0. The van der Waals surface area contributed by atoms with Crippen LogP contribution < -0.4 is 0 Å². The highest BCUT2D eigenvalue weighted by molar-refractivity contribution is 5.33. The molecule has 2 rings (SSSR count). The molecular weight excluding hydrogens is 255 g/mol. The first-order valence-corrected chi connectivity index (χ1v) is 6.44. The van der Waals surface area contributed by atoms with Crippen LogP contribution in [0.25, 0.3) is 0 Å². The van der Waals surface area contributed by atoms with Gasteiger partial charge in [-0.15, -0.1) is 0 Å². The van der Waals surface area contributed by atoms with Gasteiger partial charge >= 0.3 is 6.18 Å². The average Bonchev–Trinajstić information content (AvgIpc) is 2.75. The molecule has 0 aromatic heterocycles. The lowest BCUT2D eigenvalue weighted by molar-refractivity contribution is -0.138. The lowest BCUT2D eigenvalue weighted by Crippen LogP contribution is -2.28. The summed E-state index contributed by atoms with van der Waals surface area (Å²) in [6, 6.07) is 5.79. The van der Waals surface area contributed by atoms with Crippen LogP contribution >= 0.6 is 0 Å². The molecule has 1 heterocycles. The summed E-state index contributed by atoms with van der Waals surface area (Å²) < 4.78 is 38.9. The molecule has 1 aromatic rings. The van der Waals surface area contributed by atoms with Crippen molar-refractivity contribution in [2.24, 2.45) is 0 Å². The Morgan fingerprint density at radius 2 is 2.05 bits per heavy atom. The van der Waals surface area contributed by atoms with Crippen molar-refractivity contribution in [3.8, 4) is 0 Å². The Kier molecular flexibility index (Phi) is 4.16. The number of rotatable bonds is 3. The Labute approximate surface area is 110 Å². The molecule has 5 heteroatoms. The summed E-state index contributed by atoms with van der Waals surface area (Å²) in [7, 11) is 0. The van der Waals surface area contributed by atoms with Gasteiger partial charge in [0.15, 0.2) is 0 Å². The van der Waals surface area contributed by atoms with E-state index in [0.29, 0.717) is 25.1 Å². The van der Waals surface area contributed by atoms with Crippen molar-refractivity contribution < 1.29 is 18.3 Å². The zero-order valence-electron chi connectivity index (χ0n) is 10.8. The van der Waals surface area contributed by atoms with Crippen molar-refractivity contribution in [1.82, 2.24) is 4.90 Å². The van der Waals surface area contributed by atoms with Gasteiger partial charge in [0.1, 0.15) is 0 Å². The van der Waals surface area contributed by atoms with Crippen LogP contribution in [0.4, 0.5) is 13.2 Å². The summed E-state index contributed by atoms with van der Waals surface area (Å²) in [5, 5.41) is 9.33. The Morgan fingerprint density at radius 1 is 1.37 bits per heavy atom. The molecule has 0 aliphatic carbocycles. The zero-order chi connectivity index (χ0) is 14.0. The number of aliphatic hydroxyl groups excluding tert-OH is 1. The van der Waals surface area contributed by atoms with Crippen molar-refractivity contribution in [2.75, 3.05) is 19.6 Å². The maximum absolute atomic E-state index is 13.0. The molecule has 1 aromatic carbocycles. The van der Waals surface area contributed by atoms with Crippen LogP contribution in [0.1, 0.15) is 30.4 Å². The largest absolute Gasteiger partial charge is 0.416 e. The Hall–Kier alpha value is -1.07. The second-order valence-electron chi connectivity index (χ2n) is 5.18. The molecule has 1 aliphatic rings. The van der Waals surface area contributed by atoms with Crippen molar-refractivity contribution in [2.45, 2.75) is 31.5 Å². The molecule has 106 valence electrons. The topological polar surface area (TPSA) is 23.5 Å². The lowest BCUT2D eigenvalue weighted by Gasteiger charge is -2.20. The molecule has 0 spiro atoms. The molecular formula is C14H18F3NO. The van der Waals surface area contributed by atoms with Gasteiger partial charge < -0.3 is 10.0 Å². The van der Waals surface area contributed by atoms with Gasteiger partial charge in [0, 0.05) is 13.1 Å². The van der Waals surface area contributed by atoms with Gasteiger partial charge in [-0.2, -0.15) is 13.2 Å². The van der Waals surface area contributed by atoms with E-state index in [4.69, 9.17) is 0 Å². The maximum atomic E-state index is 13.0. The molecule has 0 saturated carbocycles. The number of aliphatic hydroxyl groups is 1. The summed E-state index contributed by atoms with van der Waals surface area (Å²) in [6.07, 6.45) is -4.04. The highest BCUT2D eigenvalue weighted by Crippen LogP contribution is 2.38. The number of hydrogen-bond donors (Lipinski definition) is 1. The van der Waals surface area contributed by atoms with E-state index >= 15 is 0 Å². The van der Waals surface area contributed by atoms with Crippen molar-refractivity contribution >= 4 is 0 Å². The minimum Gasteiger partial charge on any atom is -0.392 e. The highest BCUT2D eigenvalue weighted by atomic mass is 19.4. The van der Waals surface area contributed by atoms with Crippen molar-refractivity contribution in [3.63, 3.8) is 0 Å². The quantitative estimate of drug-likeness (QED) is 0.915. The van der Waals surface area contributed by atoms with E-state index in [1.54, 1.807) is 19.1 Å². The predicted molar refractivity (Wildman–Crippen MR) is 66.9 cm³/mol. The van der Waals surface area contributed by atoms with E-state index in [0.717, 1.165) is 12.6 Å². The van der Waals surface area contributed by atoms with Gasteiger partial charge in [0.25, 0.3) is 0 Å². The first-order chi connectivity index (χ1) is 8.88. The summed E-state index contributed by atoms with van der Waals surface area (Å²) in [5.74, 6) is -0.100. The lowest BCUT2D eigenvalue weighted by atomic mass is 9.93. The number of hydrogen-bond acceptors (Lipinski definition) is 2. The fourth-order valence-corrected chi connectivity index (χ4v) is 2.74. The van der Waals surface area contributed by atoms with E-state index in [1.165, 1.54) is 6.07 Å². The molecule has 0 radical (unpaired) electrons. The third-order valence-corrected chi connectivity index (χ3v) is 3.50. The van der Waals surface area contributed by atoms with Gasteiger partial charge in [-0.05, 0) is 37.4 Å². The number of likely N-dealkylation sites (tertiary alicyclic amines) is 1. The Morgan fingerprint density at radius 3 is 2.68 bits per heavy atom. The van der Waals surface area contributed by atoms with Gasteiger partial charge in [-0.3, -0.25) is 0 Å². The highest BCUT2D eigenvalue weighted by Gasteiger charge is 2.36. The molecule has 1 saturated heterocycles. The van der Waals surface area contributed by atoms with Crippen LogP contribution in [0.2, 0.25) is 0 Å². The number of nitrogens with zero attached hydrogens (tertiary/aromatic N) is 1. The van der Waals surface area contributed by atoms with Crippen LogP contribution in [0, 0.1) is 0 Å². The van der Waals surface area contributed by atoms with Crippen LogP contribution in [0.3, 0.4) is 0 Å². The summed E-state index contributed by atoms with van der Waals surface area (Å²) in [6.45, 7) is 3.53. The normalized spacial score (nSPS) is 22.7. The first-order valence-electron chi connectivity index (χ1n) is 6.44. The molecule has 0 amide bonds. The SMILES string of the molecule is CC(O)CN1CCC(c2ccccc2C(F)(F)F)C1. The van der Waals surface area contributed by atoms with Gasteiger partial charge in [0.05, 0.1) is 11.7 Å². The summed E-state index contributed by atoms with van der Waals surface area (Å²) in [4.78, 5) is 2.02. The third kappa shape index (κ3) is 3.48. The third-order valence-electron chi connectivity index (χ3n) is 3.50. The van der Waals surface area contributed by atoms with Crippen LogP contribution in [-0.4, -0.2) is 35.7 Å². The minimum absolute atomic E-state index is 0.100. The molecule has 2 atom stereocenters. The fourth-order valence-electron chi connectivity index (χ4n) is 2.74. The number of benzene rings is 1. The van der Waals surface area contributed by atoms with Crippen LogP contribution in [-0.2, 0) is 6.18 Å². The average molecular weight is 273 g/mol. The Balaban J connectivity index is 2.16. The monoisotopic (exact) mass is 273 g/mol. The van der Waals surface area contributed by atoms with E-state index in [1.807, 2.05) is 4.90 Å². The standard InChI is InChI=1S/C14H18F3NO/c1-10(19)8-18-7-6-11(9-18)12-4-2-3-5-13(12)14(15,16)17/h2-5,10-11,19H,6-9H2,1H3. The van der Waals surface area contributed by atoms with E-state index in [9.17, 15) is 18.3 Å². The maximum Gasteiger partial charge on any atom is 0.416 e. The Bertz CT molecular complexity index is 431. The van der Waals surface area contributed by atoms with Crippen LogP contribution in [0.15, 0.2) is 24.3 Å². The second-order valence-corrected chi connectivity index (χ2v) is 5.18. The van der Waals surface area contributed by atoms with Gasteiger partial charge in [-0.25, -0.2) is 0 Å².